The van der Waals surface area contributed by atoms with E-state index in [0.717, 1.165) is 17.4 Å². The molecule has 1 saturated heterocycles. The van der Waals surface area contributed by atoms with Gasteiger partial charge in [-0.25, -0.2) is 12.7 Å². The second-order valence-corrected chi connectivity index (χ2v) is 9.25. The summed E-state index contributed by atoms with van der Waals surface area (Å²) in [6, 6.07) is 8.63. The van der Waals surface area contributed by atoms with Crippen molar-refractivity contribution in [2.75, 3.05) is 39.0 Å². The molecule has 0 amide bonds. The van der Waals surface area contributed by atoms with Gasteiger partial charge >= 0.3 is 0 Å². The molecule has 8 nitrogen and oxygen atoms in total. The number of anilines is 1. The first-order valence-corrected chi connectivity index (χ1v) is 10.7. The zero-order valence-corrected chi connectivity index (χ0v) is 17.2. The average molecular weight is 404 g/mol. The maximum absolute atomic E-state index is 12.2. The maximum Gasteiger partial charge on any atom is 0.242 e. The Morgan fingerprint density at radius 3 is 2.50 bits per heavy atom. The molecule has 1 aromatic carbocycles. The number of nitrogens with one attached hydrogen (secondary N) is 1. The average Bonchev–Trinajstić information content (AvgIpc) is 3.36. The number of likely N-dealkylation sites (tertiary alicyclic amines) is 1. The fraction of sp³-hybridized carbons (Fsp3) is 0.474. The summed E-state index contributed by atoms with van der Waals surface area (Å²) in [6.07, 6.45) is 2.44. The number of rotatable bonds is 7. The van der Waals surface area contributed by atoms with E-state index < -0.39 is 10.0 Å². The van der Waals surface area contributed by atoms with Crippen molar-refractivity contribution < 1.29 is 12.8 Å². The first kappa shape index (κ1) is 20.3. The summed E-state index contributed by atoms with van der Waals surface area (Å²) < 4.78 is 31.3. The molecule has 1 fully saturated rings. The van der Waals surface area contributed by atoms with E-state index >= 15 is 0 Å². The molecule has 150 valence electrons. The van der Waals surface area contributed by atoms with Crippen molar-refractivity contribution in [1.29, 1.82) is 5.26 Å². The molecule has 9 heteroatoms. The Bertz CT molecular complexity index is 954. The van der Waals surface area contributed by atoms with Crippen LogP contribution in [0.5, 0.6) is 0 Å². The lowest BCUT2D eigenvalue weighted by molar-refractivity contribution is 0.268. The first-order valence-electron chi connectivity index (χ1n) is 9.24. The normalized spacial score (nSPS) is 16.2. The van der Waals surface area contributed by atoms with Crippen molar-refractivity contribution in [3.8, 4) is 17.5 Å². The Hall–Kier alpha value is -2.41. The minimum Gasteiger partial charge on any atom is -0.419 e. The van der Waals surface area contributed by atoms with Gasteiger partial charge in [0.05, 0.1) is 4.90 Å². The fourth-order valence-electron chi connectivity index (χ4n) is 3.17. The van der Waals surface area contributed by atoms with Crippen LogP contribution in [0.15, 0.2) is 33.6 Å². The number of benzene rings is 1. The van der Waals surface area contributed by atoms with Gasteiger partial charge in [-0.3, -0.25) is 4.90 Å². The predicted molar refractivity (Wildman–Crippen MR) is 106 cm³/mol. The van der Waals surface area contributed by atoms with Crippen LogP contribution < -0.4 is 5.32 Å². The van der Waals surface area contributed by atoms with Crippen LogP contribution >= 0.6 is 0 Å². The van der Waals surface area contributed by atoms with Gasteiger partial charge < -0.3 is 9.73 Å². The molecule has 0 radical (unpaired) electrons. The lowest BCUT2D eigenvalue weighted by atomic mass is 10.2. The SMILES string of the molecule is CC(CNc1oc(-c2ccc(S(=O)(=O)N(C)C)cc2)nc1C#N)N1CCCC1. The van der Waals surface area contributed by atoms with Gasteiger partial charge in [0.15, 0.2) is 0 Å². The van der Waals surface area contributed by atoms with Crippen molar-refractivity contribution in [3.05, 3.63) is 30.0 Å². The second-order valence-electron chi connectivity index (χ2n) is 7.09. The number of aromatic nitrogens is 1. The van der Waals surface area contributed by atoms with Gasteiger partial charge in [-0.05, 0) is 57.1 Å². The number of sulfonamides is 1. The Labute approximate surface area is 165 Å². The molecular weight excluding hydrogens is 378 g/mol. The molecule has 0 aliphatic carbocycles. The van der Waals surface area contributed by atoms with E-state index in [2.05, 4.69) is 22.1 Å². The summed E-state index contributed by atoms with van der Waals surface area (Å²) in [5.41, 5.74) is 0.795. The van der Waals surface area contributed by atoms with Gasteiger partial charge in [-0.1, -0.05) is 0 Å². The Balaban J connectivity index is 1.75. The van der Waals surface area contributed by atoms with E-state index in [1.54, 1.807) is 12.1 Å². The summed E-state index contributed by atoms with van der Waals surface area (Å²) in [4.78, 5) is 6.83. The molecule has 3 rings (SSSR count). The lowest BCUT2D eigenvalue weighted by Gasteiger charge is -2.23. The standard InChI is InChI=1S/C19H25N5O3S/c1-14(24-10-4-5-11-24)13-21-19-17(12-20)22-18(27-19)15-6-8-16(9-7-15)28(25,26)23(2)3/h6-9,14,21H,4-5,10-11,13H2,1-3H3. The van der Waals surface area contributed by atoms with Crippen LogP contribution in [-0.4, -0.2) is 62.4 Å². The van der Waals surface area contributed by atoms with E-state index in [9.17, 15) is 13.7 Å². The van der Waals surface area contributed by atoms with Gasteiger partial charge in [-0.15, -0.1) is 0 Å². The number of hydrogen-bond donors (Lipinski definition) is 1. The molecule has 2 heterocycles. The summed E-state index contributed by atoms with van der Waals surface area (Å²) in [5.74, 6) is 0.621. The molecule has 1 aliphatic heterocycles. The van der Waals surface area contributed by atoms with E-state index in [1.165, 1.54) is 39.1 Å². The highest BCUT2D eigenvalue weighted by atomic mass is 32.2. The molecule has 1 unspecified atom stereocenters. The van der Waals surface area contributed by atoms with Crippen molar-refractivity contribution in [3.63, 3.8) is 0 Å². The number of hydrogen-bond acceptors (Lipinski definition) is 7. The summed E-state index contributed by atoms with van der Waals surface area (Å²) in [6.45, 7) is 4.99. The van der Waals surface area contributed by atoms with Crippen LogP contribution in [0.4, 0.5) is 5.88 Å². The fourth-order valence-corrected chi connectivity index (χ4v) is 4.07. The molecule has 28 heavy (non-hydrogen) atoms. The van der Waals surface area contributed by atoms with Crippen LogP contribution in [0.2, 0.25) is 0 Å². The summed E-state index contributed by atoms with van der Waals surface area (Å²) >= 11 is 0. The Morgan fingerprint density at radius 2 is 1.93 bits per heavy atom. The van der Waals surface area contributed by atoms with Crippen molar-refractivity contribution in [2.24, 2.45) is 0 Å². The Morgan fingerprint density at radius 1 is 1.29 bits per heavy atom. The van der Waals surface area contributed by atoms with Crippen LogP contribution in [-0.2, 0) is 10.0 Å². The van der Waals surface area contributed by atoms with E-state index in [1.807, 2.05) is 6.07 Å². The lowest BCUT2D eigenvalue weighted by Crippen LogP contribution is -2.35. The highest BCUT2D eigenvalue weighted by Crippen LogP contribution is 2.27. The minimum atomic E-state index is -3.50. The van der Waals surface area contributed by atoms with Crippen molar-refractivity contribution >= 4 is 15.9 Å². The topological polar surface area (TPSA) is 102 Å². The summed E-state index contributed by atoms with van der Waals surface area (Å²) in [5, 5.41) is 12.5. The van der Waals surface area contributed by atoms with Gasteiger partial charge in [0.25, 0.3) is 0 Å². The van der Waals surface area contributed by atoms with Crippen LogP contribution in [0.1, 0.15) is 25.5 Å². The zero-order chi connectivity index (χ0) is 20.3. The molecule has 2 aromatic rings. The molecule has 1 N–H and O–H groups in total. The van der Waals surface area contributed by atoms with Crippen LogP contribution in [0, 0.1) is 11.3 Å². The van der Waals surface area contributed by atoms with E-state index in [0.29, 0.717) is 24.0 Å². The monoisotopic (exact) mass is 403 g/mol. The molecule has 0 saturated carbocycles. The maximum atomic E-state index is 12.2. The third-order valence-electron chi connectivity index (χ3n) is 4.93. The quantitative estimate of drug-likeness (QED) is 0.757. The number of nitrogens with zero attached hydrogens (tertiary/aromatic N) is 4. The third kappa shape index (κ3) is 4.19. The summed E-state index contributed by atoms with van der Waals surface area (Å²) in [7, 11) is -0.529. The Kier molecular flexibility index (Phi) is 6.03. The first-order chi connectivity index (χ1) is 13.3. The second kappa shape index (κ2) is 8.31. The smallest absolute Gasteiger partial charge is 0.242 e. The van der Waals surface area contributed by atoms with Gasteiger partial charge in [0, 0.05) is 32.2 Å². The van der Waals surface area contributed by atoms with Crippen molar-refractivity contribution in [1.82, 2.24) is 14.2 Å². The predicted octanol–water partition coefficient (Wildman–Crippen LogP) is 2.36. The van der Waals surface area contributed by atoms with Gasteiger partial charge in [-0.2, -0.15) is 10.2 Å². The molecule has 1 aromatic heterocycles. The number of oxazole rings is 1. The molecule has 0 bridgehead atoms. The highest BCUT2D eigenvalue weighted by molar-refractivity contribution is 7.89. The van der Waals surface area contributed by atoms with E-state index in [4.69, 9.17) is 4.42 Å². The molecule has 1 aliphatic rings. The van der Waals surface area contributed by atoms with Gasteiger partial charge in [0.2, 0.25) is 27.5 Å². The largest absolute Gasteiger partial charge is 0.419 e. The van der Waals surface area contributed by atoms with E-state index in [-0.39, 0.29) is 16.5 Å². The molecule has 0 spiro atoms. The third-order valence-corrected chi connectivity index (χ3v) is 6.76. The molecule has 1 atom stereocenters. The molecular formula is C19H25N5O3S. The van der Waals surface area contributed by atoms with Crippen LogP contribution in [0.3, 0.4) is 0 Å². The van der Waals surface area contributed by atoms with Crippen molar-refractivity contribution in [2.45, 2.75) is 30.7 Å². The number of nitriles is 1. The zero-order valence-electron chi connectivity index (χ0n) is 16.3. The minimum absolute atomic E-state index is 0.186. The van der Waals surface area contributed by atoms with Crippen LogP contribution in [0.25, 0.3) is 11.5 Å². The highest BCUT2D eigenvalue weighted by Gasteiger charge is 2.21. The van der Waals surface area contributed by atoms with Gasteiger partial charge in [0.1, 0.15) is 6.07 Å².